The van der Waals surface area contributed by atoms with Crippen molar-refractivity contribution in [2.45, 2.75) is 39.7 Å². The average Bonchev–Trinajstić information content (AvgIpc) is 2.46. The maximum Gasteiger partial charge on any atom is 0.226 e. The van der Waals surface area contributed by atoms with E-state index in [4.69, 9.17) is 10.3 Å². The van der Waals surface area contributed by atoms with Gasteiger partial charge in [0.05, 0.1) is 0 Å². The van der Waals surface area contributed by atoms with Crippen molar-refractivity contribution in [3.63, 3.8) is 0 Å². The van der Waals surface area contributed by atoms with Gasteiger partial charge in [0.15, 0.2) is 5.76 Å². The fourth-order valence-corrected chi connectivity index (χ4v) is 1.30. The summed E-state index contributed by atoms with van der Waals surface area (Å²) in [6.07, 6.45) is 1.03. The summed E-state index contributed by atoms with van der Waals surface area (Å²) < 4.78 is 5.00. The van der Waals surface area contributed by atoms with E-state index < -0.39 is 0 Å². The number of aromatic nitrogens is 1. The maximum atomic E-state index is 11.5. The fraction of sp³-hybridized carbons (Fsp3) is 0.600. The lowest BCUT2D eigenvalue weighted by Crippen LogP contribution is -2.24. The Kier molecular flexibility index (Phi) is 6.06. The minimum atomic E-state index is -0.143. The SMILES string of the molecule is CCc1noc(C)c1NC(=O)CC(C)N.Cl. The first-order valence-corrected chi connectivity index (χ1v) is 5.05. The van der Waals surface area contributed by atoms with Crippen molar-refractivity contribution in [3.8, 4) is 0 Å². The molecule has 0 radical (unpaired) electrons. The predicted molar refractivity (Wildman–Crippen MR) is 64.8 cm³/mol. The average molecular weight is 248 g/mol. The van der Waals surface area contributed by atoms with Crippen LogP contribution >= 0.6 is 12.4 Å². The van der Waals surface area contributed by atoms with Crippen LogP contribution in [0, 0.1) is 6.92 Å². The molecule has 0 aromatic carbocycles. The molecule has 16 heavy (non-hydrogen) atoms. The van der Waals surface area contributed by atoms with Crippen LogP contribution in [0.5, 0.6) is 0 Å². The summed E-state index contributed by atoms with van der Waals surface area (Å²) in [5, 5.41) is 6.61. The molecule has 0 spiro atoms. The Morgan fingerprint density at radius 3 is 2.75 bits per heavy atom. The molecule has 1 atom stereocenters. The monoisotopic (exact) mass is 247 g/mol. The summed E-state index contributed by atoms with van der Waals surface area (Å²) in [6, 6.07) is -0.143. The van der Waals surface area contributed by atoms with E-state index in [0.717, 1.165) is 12.1 Å². The molecule has 92 valence electrons. The van der Waals surface area contributed by atoms with Gasteiger partial charge in [-0.2, -0.15) is 0 Å². The van der Waals surface area contributed by atoms with Crippen LogP contribution in [0.4, 0.5) is 5.69 Å². The molecule has 1 heterocycles. The number of halogens is 1. The Morgan fingerprint density at radius 2 is 2.25 bits per heavy atom. The quantitative estimate of drug-likeness (QED) is 0.848. The lowest BCUT2D eigenvalue weighted by Gasteiger charge is -2.06. The van der Waals surface area contributed by atoms with Gasteiger partial charge in [-0.25, -0.2) is 0 Å². The number of amides is 1. The van der Waals surface area contributed by atoms with Gasteiger partial charge in [0.1, 0.15) is 11.4 Å². The first-order valence-electron chi connectivity index (χ1n) is 5.05. The number of aryl methyl sites for hydroxylation is 2. The van der Waals surface area contributed by atoms with Crippen molar-refractivity contribution in [2.75, 3.05) is 5.32 Å². The van der Waals surface area contributed by atoms with Crippen molar-refractivity contribution < 1.29 is 9.32 Å². The Morgan fingerprint density at radius 1 is 1.62 bits per heavy atom. The van der Waals surface area contributed by atoms with Gasteiger partial charge >= 0.3 is 0 Å². The molecule has 0 saturated heterocycles. The fourth-order valence-electron chi connectivity index (χ4n) is 1.30. The van der Waals surface area contributed by atoms with E-state index in [-0.39, 0.29) is 24.4 Å². The lowest BCUT2D eigenvalue weighted by atomic mass is 10.2. The first-order chi connectivity index (χ1) is 7.04. The lowest BCUT2D eigenvalue weighted by molar-refractivity contribution is -0.116. The van der Waals surface area contributed by atoms with Gasteiger partial charge in [-0.1, -0.05) is 12.1 Å². The van der Waals surface area contributed by atoms with E-state index >= 15 is 0 Å². The third-order valence-electron chi connectivity index (χ3n) is 2.04. The highest BCUT2D eigenvalue weighted by Gasteiger charge is 2.14. The summed E-state index contributed by atoms with van der Waals surface area (Å²) in [4.78, 5) is 11.5. The molecule has 1 rings (SSSR count). The van der Waals surface area contributed by atoms with E-state index in [2.05, 4.69) is 10.5 Å². The number of nitrogens with one attached hydrogen (secondary N) is 1. The normalized spacial score (nSPS) is 11.8. The van der Waals surface area contributed by atoms with Crippen molar-refractivity contribution in [2.24, 2.45) is 5.73 Å². The standard InChI is InChI=1S/C10H17N3O2.ClH/c1-4-8-10(7(3)15-13-8)12-9(14)5-6(2)11;/h6H,4-5,11H2,1-3H3,(H,12,14);1H. The number of hydrogen-bond acceptors (Lipinski definition) is 4. The summed E-state index contributed by atoms with van der Waals surface area (Å²) in [7, 11) is 0. The third-order valence-corrected chi connectivity index (χ3v) is 2.04. The van der Waals surface area contributed by atoms with Crippen molar-refractivity contribution >= 4 is 24.0 Å². The molecule has 6 heteroatoms. The molecule has 0 bridgehead atoms. The zero-order valence-corrected chi connectivity index (χ0v) is 10.6. The number of hydrogen-bond donors (Lipinski definition) is 2. The Bertz CT molecular complexity index is 350. The maximum absolute atomic E-state index is 11.5. The molecule has 0 aliphatic rings. The molecule has 1 amide bonds. The van der Waals surface area contributed by atoms with Crippen molar-refractivity contribution in [3.05, 3.63) is 11.5 Å². The van der Waals surface area contributed by atoms with Gasteiger partial charge in [0.2, 0.25) is 5.91 Å². The smallest absolute Gasteiger partial charge is 0.226 e. The number of anilines is 1. The molecule has 3 N–H and O–H groups in total. The van der Waals surface area contributed by atoms with Crippen LogP contribution < -0.4 is 11.1 Å². The second kappa shape index (κ2) is 6.50. The Balaban J connectivity index is 0.00000225. The second-order valence-corrected chi connectivity index (χ2v) is 3.64. The molecule has 0 fully saturated rings. The first kappa shape index (κ1) is 14.9. The van der Waals surface area contributed by atoms with Gasteiger partial charge < -0.3 is 15.6 Å². The van der Waals surface area contributed by atoms with Crippen molar-refractivity contribution in [1.29, 1.82) is 0 Å². The van der Waals surface area contributed by atoms with E-state index in [1.807, 2.05) is 6.92 Å². The van der Waals surface area contributed by atoms with Crippen LogP contribution in [0.15, 0.2) is 4.52 Å². The molecular weight excluding hydrogens is 230 g/mol. The summed E-state index contributed by atoms with van der Waals surface area (Å²) in [6.45, 7) is 5.52. The summed E-state index contributed by atoms with van der Waals surface area (Å²) in [5.41, 5.74) is 6.98. The van der Waals surface area contributed by atoms with E-state index in [0.29, 0.717) is 17.9 Å². The Labute approximate surface area is 101 Å². The van der Waals surface area contributed by atoms with Gasteiger partial charge in [0, 0.05) is 12.5 Å². The highest BCUT2D eigenvalue weighted by molar-refractivity contribution is 5.92. The molecular formula is C10H18ClN3O2. The zero-order valence-electron chi connectivity index (χ0n) is 9.74. The van der Waals surface area contributed by atoms with Crippen LogP contribution in [0.2, 0.25) is 0 Å². The van der Waals surface area contributed by atoms with E-state index in [9.17, 15) is 4.79 Å². The van der Waals surface area contributed by atoms with Crippen LogP contribution in [-0.4, -0.2) is 17.1 Å². The summed E-state index contributed by atoms with van der Waals surface area (Å²) in [5.74, 6) is 0.524. The number of carbonyl (C=O) groups is 1. The number of nitrogens with two attached hydrogens (primary N) is 1. The van der Waals surface area contributed by atoms with Gasteiger partial charge in [-0.05, 0) is 20.3 Å². The van der Waals surface area contributed by atoms with Crippen LogP contribution in [0.3, 0.4) is 0 Å². The number of carbonyl (C=O) groups excluding carboxylic acids is 1. The van der Waals surface area contributed by atoms with Gasteiger partial charge in [0.25, 0.3) is 0 Å². The van der Waals surface area contributed by atoms with Crippen molar-refractivity contribution in [1.82, 2.24) is 5.16 Å². The minimum absolute atomic E-state index is 0. The second-order valence-electron chi connectivity index (χ2n) is 3.64. The molecule has 0 saturated carbocycles. The molecule has 0 aliphatic carbocycles. The molecule has 1 aromatic heterocycles. The highest BCUT2D eigenvalue weighted by Crippen LogP contribution is 2.20. The molecule has 1 unspecified atom stereocenters. The topological polar surface area (TPSA) is 81.2 Å². The number of nitrogens with zero attached hydrogens (tertiary/aromatic N) is 1. The van der Waals surface area contributed by atoms with E-state index in [1.54, 1.807) is 13.8 Å². The van der Waals surface area contributed by atoms with Gasteiger partial charge in [-0.3, -0.25) is 4.79 Å². The van der Waals surface area contributed by atoms with E-state index in [1.165, 1.54) is 0 Å². The van der Waals surface area contributed by atoms with Crippen LogP contribution in [0.25, 0.3) is 0 Å². The third kappa shape index (κ3) is 3.83. The number of rotatable bonds is 4. The van der Waals surface area contributed by atoms with Gasteiger partial charge in [-0.15, -0.1) is 12.4 Å². The molecule has 0 aliphatic heterocycles. The highest BCUT2D eigenvalue weighted by atomic mass is 35.5. The Hall–Kier alpha value is -1.07. The zero-order chi connectivity index (χ0) is 11.4. The van der Waals surface area contributed by atoms with Crippen LogP contribution in [-0.2, 0) is 11.2 Å². The largest absolute Gasteiger partial charge is 0.359 e. The van der Waals surface area contributed by atoms with Crippen LogP contribution in [0.1, 0.15) is 31.7 Å². The minimum Gasteiger partial charge on any atom is -0.359 e. The predicted octanol–water partition coefficient (Wildman–Crippen LogP) is 1.64. The summed E-state index contributed by atoms with van der Waals surface area (Å²) >= 11 is 0. The molecule has 1 aromatic rings. The molecule has 5 nitrogen and oxygen atoms in total.